The van der Waals surface area contributed by atoms with Crippen molar-refractivity contribution in [2.24, 2.45) is 11.8 Å². The van der Waals surface area contributed by atoms with Gasteiger partial charge in [-0.15, -0.1) is 0 Å². The first kappa shape index (κ1) is 15.7. The van der Waals surface area contributed by atoms with Crippen molar-refractivity contribution in [2.45, 2.75) is 46.1 Å². The van der Waals surface area contributed by atoms with Crippen LogP contribution < -0.4 is 0 Å². The first-order chi connectivity index (χ1) is 9.10. The molecule has 0 bridgehead atoms. The van der Waals surface area contributed by atoms with Crippen LogP contribution in [0.3, 0.4) is 0 Å². The fourth-order valence-electron chi connectivity index (χ4n) is 2.69. The molecule has 0 spiro atoms. The van der Waals surface area contributed by atoms with E-state index in [2.05, 4.69) is 0 Å². The van der Waals surface area contributed by atoms with Crippen LogP contribution >= 0.6 is 0 Å². The molecular formula is C14H23NO4. The van der Waals surface area contributed by atoms with Crippen molar-refractivity contribution in [1.82, 2.24) is 4.90 Å². The highest BCUT2D eigenvalue weighted by Crippen LogP contribution is 2.29. The molecule has 1 aliphatic heterocycles. The summed E-state index contributed by atoms with van der Waals surface area (Å²) < 4.78 is 5.00. The third kappa shape index (κ3) is 3.33. The van der Waals surface area contributed by atoms with Crippen LogP contribution in [0.5, 0.6) is 0 Å². The van der Waals surface area contributed by atoms with E-state index in [0.29, 0.717) is 19.6 Å². The van der Waals surface area contributed by atoms with Crippen molar-refractivity contribution in [1.29, 1.82) is 0 Å². The van der Waals surface area contributed by atoms with E-state index in [4.69, 9.17) is 4.74 Å². The molecule has 1 saturated heterocycles. The van der Waals surface area contributed by atoms with Crippen LogP contribution in [0.25, 0.3) is 0 Å². The Morgan fingerprint density at radius 1 is 1.47 bits per heavy atom. The second-order valence-corrected chi connectivity index (χ2v) is 4.88. The summed E-state index contributed by atoms with van der Waals surface area (Å²) in [5.74, 6) is -1.17. The Balaban J connectivity index is 2.84. The topological polar surface area (TPSA) is 63.7 Å². The molecular weight excluding hydrogens is 246 g/mol. The zero-order valence-corrected chi connectivity index (χ0v) is 11.9. The molecule has 1 rings (SSSR count). The maximum atomic E-state index is 12.2. The van der Waals surface area contributed by atoms with Gasteiger partial charge in [0.2, 0.25) is 5.91 Å². The molecule has 1 unspecified atom stereocenters. The standard InChI is InChI=1S/C14H23NO4/c1-4-7-10-8-15(13(17)11(10)9-16)12(5-2)14(18)19-6-3/h9-12H,4-8H2,1-3H3/t10-,11?,12-/m0/s1. The van der Waals surface area contributed by atoms with Gasteiger partial charge in [0, 0.05) is 6.54 Å². The zero-order valence-electron chi connectivity index (χ0n) is 11.9. The van der Waals surface area contributed by atoms with Gasteiger partial charge in [-0.05, 0) is 25.7 Å². The molecule has 1 aliphatic rings. The molecule has 1 heterocycles. The normalized spacial score (nSPS) is 24.4. The molecule has 19 heavy (non-hydrogen) atoms. The van der Waals surface area contributed by atoms with E-state index in [1.807, 2.05) is 13.8 Å². The van der Waals surface area contributed by atoms with Crippen molar-refractivity contribution in [3.8, 4) is 0 Å². The van der Waals surface area contributed by atoms with Crippen molar-refractivity contribution >= 4 is 18.2 Å². The lowest BCUT2D eigenvalue weighted by molar-refractivity contribution is -0.154. The highest BCUT2D eigenvalue weighted by atomic mass is 16.5. The van der Waals surface area contributed by atoms with Crippen molar-refractivity contribution in [3.63, 3.8) is 0 Å². The number of esters is 1. The molecule has 0 aromatic rings. The van der Waals surface area contributed by atoms with Crippen LogP contribution in [0.15, 0.2) is 0 Å². The minimum absolute atomic E-state index is 0.0264. The molecule has 0 aromatic carbocycles. The second kappa shape index (κ2) is 7.26. The van der Waals surface area contributed by atoms with Crippen LogP contribution in [-0.4, -0.2) is 42.3 Å². The Labute approximate surface area is 114 Å². The smallest absolute Gasteiger partial charge is 0.328 e. The quantitative estimate of drug-likeness (QED) is 0.398. The van der Waals surface area contributed by atoms with Gasteiger partial charge in [-0.25, -0.2) is 4.79 Å². The number of rotatable bonds is 7. The summed E-state index contributed by atoms with van der Waals surface area (Å²) in [5.41, 5.74) is 0. The molecule has 0 aromatic heterocycles. The second-order valence-electron chi connectivity index (χ2n) is 4.88. The van der Waals surface area contributed by atoms with Crippen LogP contribution in [0.1, 0.15) is 40.0 Å². The van der Waals surface area contributed by atoms with Gasteiger partial charge in [0.05, 0.1) is 12.5 Å². The number of carbonyl (C=O) groups is 3. The van der Waals surface area contributed by atoms with E-state index >= 15 is 0 Å². The predicted octanol–water partition coefficient (Wildman–Crippen LogP) is 1.40. The number of hydrogen-bond donors (Lipinski definition) is 0. The maximum Gasteiger partial charge on any atom is 0.328 e. The SMILES string of the molecule is CCC[C@H]1CN([C@@H](CC)C(=O)OCC)C(=O)C1C=O. The lowest BCUT2D eigenvalue weighted by Gasteiger charge is -2.25. The average Bonchev–Trinajstić information content (AvgIpc) is 2.68. The molecule has 108 valence electrons. The largest absolute Gasteiger partial charge is 0.464 e. The number of ether oxygens (including phenoxy) is 1. The summed E-state index contributed by atoms with van der Waals surface area (Å²) in [6.45, 7) is 6.39. The average molecular weight is 269 g/mol. The van der Waals surface area contributed by atoms with Crippen molar-refractivity contribution in [2.75, 3.05) is 13.2 Å². The Morgan fingerprint density at radius 3 is 2.63 bits per heavy atom. The Kier molecular flexibility index (Phi) is 5.99. The highest BCUT2D eigenvalue weighted by Gasteiger charge is 2.44. The van der Waals surface area contributed by atoms with Gasteiger partial charge >= 0.3 is 5.97 Å². The molecule has 5 nitrogen and oxygen atoms in total. The Bertz CT molecular complexity index is 342. The van der Waals surface area contributed by atoms with Gasteiger partial charge in [-0.3, -0.25) is 4.79 Å². The number of aldehydes is 1. The van der Waals surface area contributed by atoms with Crippen molar-refractivity contribution < 1.29 is 19.1 Å². The summed E-state index contributed by atoms with van der Waals surface area (Å²) in [6, 6.07) is -0.559. The minimum atomic E-state index is -0.594. The number of amides is 1. The lowest BCUT2D eigenvalue weighted by Crippen LogP contribution is -2.43. The Hall–Kier alpha value is -1.39. The van der Waals surface area contributed by atoms with Gasteiger partial charge in [0.25, 0.3) is 0 Å². The van der Waals surface area contributed by atoms with E-state index in [1.54, 1.807) is 6.92 Å². The number of likely N-dealkylation sites (tertiary alicyclic amines) is 1. The third-order valence-corrected chi connectivity index (χ3v) is 3.63. The van der Waals surface area contributed by atoms with Crippen LogP contribution in [0.4, 0.5) is 0 Å². The van der Waals surface area contributed by atoms with Crippen molar-refractivity contribution in [3.05, 3.63) is 0 Å². The molecule has 5 heteroatoms. The predicted molar refractivity (Wildman–Crippen MR) is 70.4 cm³/mol. The fourth-order valence-corrected chi connectivity index (χ4v) is 2.69. The van der Waals surface area contributed by atoms with Crippen LogP contribution in [0.2, 0.25) is 0 Å². The van der Waals surface area contributed by atoms with Gasteiger partial charge in [-0.1, -0.05) is 20.3 Å². The van der Waals surface area contributed by atoms with Gasteiger partial charge in [-0.2, -0.15) is 0 Å². The van der Waals surface area contributed by atoms with Gasteiger partial charge in [0.15, 0.2) is 0 Å². The molecule has 1 amide bonds. The summed E-state index contributed by atoms with van der Waals surface area (Å²) in [4.78, 5) is 36.7. The van der Waals surface area contributed by atoms with E-state index in [1.165, 1.54) is 4.90 Å². The monoisotopic (exact) mass is 269 g/mol. The van der Waals surface area contributed by atoms with Crippen LogP contribution in [0, 0.1) is 11.8 Å². The highest BCUT2D eigenvalue weighted by molar-refractivity contribution is 5.96. The third-order valence-electron chi connectivity index (χ3n) is 3.63. The van der Waals surface area contributed by atoms with E-state index in [9.17, 15) is 14.4 Å². The molecule has 0 aliphatic carbocycles. The number of carbonyl (C=O) groups excluding carboxylic acids is 3. The molecule has 0 saturated carbocycles. The molecule has 1 fully saturated rings. The molecule has 0 N–H and O–H groups in total. The van der Waals surface area contributed by atoms with E-state index in [0.717, 1.165) is 19.1 Å². The first-order valence-electron chi connectivity index (χ1n) is 7.02. The maximum absolute atomic E-state index is 12.2. The molecule has 0 radical (unpaired) electrons. The summed E-state index contributed by atoms with van der Waals surface area (Å²) in [5, 5.41) is 0. The summed E-state index contributed by atoms with van der Waals surface area (Å²) in [7, 11) is 0. The summed E-state index contributed by atoms with van der Waals surface area (Å²) >= 11 is 0. The van der Waals surface area contributed by atoms with Gasteiger partial charge in [0.1, 0.15) is 12.3 Å². The van der Waals surface area contributed by atoms with Crippen LogP contribution in [-0.2, 0) is 19.1 Å². The lowest BCUT2D eigenvalue weighted by atomic mass is 9.93. The zero-order chi connectivity index (χ0) is 14.4. The number of nitrogens with zero attached hydrogens (tertiary/aromatic N) is 1. The van der Waals surface area contributed by atoms with Gasteiger partial charge < -0.3 is 14.4 Å². The van der Waals surface area contributed by atoms with E-state index in [-0.39, 0.29) is 17.8 Å². The molecule has 3 atom stereocenters. The Morgan fingerprint density at radius 2 is 2.16 bits per heavy atom. The van der Waals surface area contributed by atoms with E-state index < -0.39 is 12.0 Å². The first-order valence-corrected chi connectivity index (χ1v) is 7.02. The summed E-state index contributed by atoms with van der Waals surface area (Å²) in [6.07, 6.45) is 2.98. The fraction of sp³-hybridized carbons (Fsp3) is 0.786. The minimum Gasteiger partial charge on any atom is -0.464 e. The number of hydrogen-bond acceptors (Lipinski definition) is 4.